The molecule has 0 aromatic carbocycles. The number of pyridine rings is 2. The molecule has 0 bridgehead atoms. The molecule has 0 unspecified atom stereocenters. The van der Waals surface area contributed by atoms with E-state index >= 15 is 0 Å². The average molecular weight is 438 g/mol. The molecular formula is C25H23N7O. The molecule has 0 amide bonds. The van der Waals surface area contributed by atoms with E-state index in [9.17, 15) is 4.79 Å². The van der Waals surface area contributed by atoms with Gasteiger partial charge in [0.15, 0.2) is 11.5 Å². The summed E-state index contributed by atoms with van der Waals surface area (Å²) in [6, 6.07) is 7.83. The van der Waals surface area contributed by atoms with E-state index < -0.39 is 0 Å². The van der Waals surface area contributed by atoms with E-state index in [1.165, 1.54) is 16.1 Å². The monoisotopic (exact) mass is 437 g/mol. The van der Waals surface area contributed by atoms with Gasteiger partial charge >= 0.3 is 0 Å². The first-order valence-corrected chi connectivity index (χ1v) is 11.0. The van der Waals surface area contributed by atoms with Gasteiger partial charge in [-0.25, -0.2) is 9.97 Å². The summed E-state index contributed by atoms with van der Waals surface area (Å²) in [6.45, 7) is 7.38. The lowest BCUT2D eigenvalue weighted by atomic mass is 10.0. The van der Waals surface area contributed by atoms with Crippen molar-refractivity contribution in [3.05, 3.63) is 87.5 Å². The lowest BCUT2D eigenvalue weighted by Crippen LogP contribution is -2.34. The van der Waals surface area contributed by atoms with Gasteiger partial charge in [-0.2, -0.15) is 4.52 Å². The van der Waals surface area contributed by atoms with Crippen LogP contribution in [0.5, 0.6) is 0 Å². The number of hydrogen-bond donors (Lipinski definition) is 0. The van der Waals surface area contributed by atoms with Gasteiger partial charge in [-0.15, -0.1) is 5.10 Å². The van der Waals surface area contributed by atoms with Crippen molar-refractivity contribution in [2.24, 2.45) is 0 Å². The smallest absolute Gasteiger partial charge is 0.274 e. The van der Waals surface area contributed by atoms with E-state index in [2.05, 4.69) is 40.1 Å². The Labute approximate surface area is 190 Å². The maximum Gasteiger partial charge on any atom is 0.274 e. The maximum absolute atomic E-state index is 12.6. The molecular weight excluding hydrogens is 414 g/mol. The molecule has 5 aromatic heterocycles. The van der Waals surface area contributed by atoms with Crippen LogP contribution in [0.15, 0.2) is 53.8 Å². The highest BCUT2D eigenvalue weighted by Crippen LogP contribution is 2.29. The molecule has 1 aliphatic rings. The third-order valence-corrected chi connectivity index (χ3v) is 6.51. The Morgan fingerprint density at radius 2 is 1.88 bits per heavy atom. The Balaban J connectivity index is 1.40. The van der Waals surface area contributed by atoms with Gasteiger partial charge in [0.2, 0.25) is 0 Å². The number of nitrogens with zero attached hydrogens (tertiary/aromatic N) is 7. The second-order valence-electron chi connectivity index (χ2n) is 8.66. The van der Waals surface area contributed by atoms with Crippen molar-refractivity contribution in [1.82, 2.24) is 29.0 Å². The largest absolute Gasteiger partial charge is 0.350 e. The molecule has 8 heteroatoms. The minimum absolute atomic E-state index is 0.155. The molecule has 0 saturated heterocycles. The fraction of sp³-hybridized carbons (Fsp3) is 0.240. The van der Waals surface area contributed by atoms with Gasteiger partial charge < -0.3 is 9.30 Å². The van der Waals surface area contributed by atoms with Gasteiger partial charge in [0.05, 0.1) is 0 Å². The highest BCUT2D eigenvalue weighted by molar-refractivity contribution is 5.66. The summed E-state index contributed by atoms with van der Waals surface area (Å²) < 4.78 is 3.44. The lowest BCUT2D eigenvalue weighted by Gasteiger charge is -2.31. The SMILES string of the molecule is Cc1cc(=O)n2nc(N3CCc4ncc(-c5ccc6nccn6c5)cc4C3)c(C)c(C)c2n1. The summed E-state index contributed by atoms with van der Waals surface area (Å²) in [7, 11) is 0. The average Bonchev–Trinajstić information content (AvgIpc) is 3.29. The van der Waals surface area contributed by atoms with Crippen LogP contribution in [0.1, 0.15) is 28.1 Å². The molecule has 1 aliphatic heterocycles. The van der Waals surface area contributed by atoms with Crippen LogP contribution in [0, 0.1) is 20.8 Å². The number of rotatable bonds is 2. The summed E-state index contributed by atoms with van der Waals surface area (Å²) in [5.74, 6) is 0.823. The zero-order valence-corrected chi connectivity index (χ0v) is 18.8. The molecule has 0 saturated carbocycles. The van der Waals surface area contributed by atoms with Crippen LogP contribution in [0.2, 0.25) is 0 Å². The molecule has 0 radical (unpaired) electrons. The third kappa shape index (κ3) is 3.17. The van der Waals surface area contributed by atoms with Gasteiger partial charge in [-0.3, -0.25) is 9.78 Å². The first kappa shape index (κ1) is 19.6. The Kier molecular flexibility index (Phi) is 4.29. The van der Waals surface area contributed by atoms with Crippen molar-refractivity contribution in [3.63, 3.8) is 0 Å². The summed E-state index contributed by atoms with van der Waals surface area (Å²) in [5.41, 5.74) is 8.58. The van der Waals surface area contributed by atoms with E-state index in [1.807, 2.05) is 36.7 Å². The van der Waals surface area contributed by atoms with Crippen LogP contribution in [0.4, 0.5) is 5.82 Å². The van der Waals surface area contributed by atoms with Crippen molar-refractivity contribution in [2.45, 2.75) is 33.7 Å². The van der Waals surface area contributed by atoms with Gasteiger partial charge in [-0.1, -0.05) is 0 Å². The highest BCUT2D eigenvalue weighted by atomic mass is 16.1. The summed E-state index contributed by atoms with van der Waals surface area (Å²) in [6.07, 6.45) is 8.59. The van der Waals surface area contributed by atoms with Crippen LogP contribution < -0.4 is 10.5 Å². The van der Waals surface area contributed by atoms with Gasteiger partial charge in [0.25, 0.3) is 5.56 Å². The predicted molar refractivity (Wildman–Crippen MR) is 127 cm³/mol. The van der Waals surface area contributed by atoms with Crippen LogP contribution >= 0.6 is 0 Å². The van der Waals surface area contributed by atoms with E-state index in [0.717, 1.165) is 52.4 Å². The van der Waals surface area contributed by atoms with Crippen LogP contribution in [-0.4, -0.2) is 35.5 Å². The van der Waals surface area contributed by atoms with Gasteiger partial charge in [0.1, 0.15) is 5.65 Å². The second kappa shape index (κ2) is 7.23. The summed E-state index contributed by atoms with van der Waals surface area (Å²) in [4.78, 5) is 28.5. The van der Waals surface area contributed by atoms with Crippen LogP contribution in [-0.2, 0) is 13.0 Å². The molecule has 0 N–H and O–H groups in total. The first-order valence-electron chi connectivity index (χ1n) is 11.0. The van der Waals surface area contributed by atoms with Crippen LogP contribution in [0.3, 0.4) is 0 Å². The normalized spacial score (nSPS) is 13.6. The van der Waals surface area contributed by atoms with E-state index in [1.54, 1.807) is 6.20 Å². The second-order valence-corrected chi connectivity index (χ2v) is 8.66. The molecule has 0 atom stereocenters. The molecule has 0 aliphatic carbocycles. The minimum Gasteiger partial charge on any atom is -0.350 e. The molecule has 164 valence electrons. The number of imidazole rings is 1. The summed E-state index contributed by atoms with van der Waals surface area (Å²) in [5, 5.41) is 4.72. The number of hydrogen-bond acceptors (Lipinski definition) is 6. The third-order valence-electron chi connectivity index (χ3n) is 6.51. The Hall–Kier alpha value is -4.07. The van der Waals surface area contributed by atoms with Gasteiger partial charge in [0, 0.05) is 84.0 Å². The Morgan fingerprint density at radius 3 is 2.76 bits per heavy atom. The quantitative estimate of drug-likeness (QED) is 0.422. The fourth-order valence-corrected chi connectivity index (χ4v) is 4.59. The molecule has 33 heavy (non-hydrogen) atoms. The van der Waals surface area contributed by atoms with Gasteiger partial charge in [-0.05, 0) is 44.5 Å². The molecule has 6 heterocycles. The lowest BCUT2D eigenvalue weighted by molar-refractivity contribution is 0.684. The number of aromatic nitrogens is 6. The van der Waals surface area contributed by atoms with E-state index in [4.69, 9.17) is 10.1 Å². The predicted octanol–water partition coefficient (Wildman–Crippen LogP) is 3.29. The zero-order chi connectivity index (χ0) is 22.7. The Morgan fingerprint density at radius 1 is 1.00 bits per heavy atom. The van der Waals surface area contributed by atoms with Crippen molar-refractivity contribution < 1.29 is 0 Å². The molecule has 5 aromatic rings. The fourth-order valence-electron chi connectivity index (χ4n) is 4.59. The summed E-state index contributed by atoms with van der Waals surface area (Å²) >= 11 is 0. The van der Waals surface area contributed by atoms with Crippen molar-refractivity contribution in [1.29, 1.82) is 0 Å². The van der Waals surface area contributed by atoms with Crippen molar-refractivity contribution in [2.75, 3.05) is 11.4 Å². The standard InChI is InChI=1S/C25H23N7O/c1-15-10-23(33)32-24(28-15)16(2)17(3)25(29-32)31-8-6-21-20(14-31)11-19(12-27-21)18-4-5-22-26-7-9-30(22)13-18/h4-5,7,9-13H,6,8,14H2,1-3H3. The molecule has 8 nitrogen and oxygen atoms in total. The number of anilines is 1. The molecule has 0 spiro atoms. The maximum atomic E-state index is 12.6. The van der Waals surface area contributed by atoms with Crippen molar-refractivity contribution >= 4 is 17.1 Å². The number of fused-ring (bicyclic) bond motifs is 3. The first-order chi connectivity index (χ1) is 16.0. The Bertz CT molecular complexity index is 1620. The zero-order valence-electron chi connectivity index (χ0n) is 18.8. The number of aryl methyl sites for hydroxylation is 2. The van der Waals surface area contributed by atoms with E-state index in [-0.39, 0.29) is 5.56 Å². The highest BCUT2D eigenvalue weighted by Gasteiger charge is 2.23. The molecule has 0 fully saturated rings. The molecule has 6 rings (SSSR count). The van der Waals surface area contributed by atoms with Crippen LogP contribution in [0.25, 0.3) is 22.4 Å². The minimum atomic E-state index is -0.155. The van der Waals surface area contributed by atoms with E-state index in [0.29, 0.717) is 17.9 Å². The van der Waals surface area contributed by atoms with Crippen molar-refractivity contribution in [3.8, 4) is 11.1 Å². The topological polar surface area (TPSA) is 80.7 Å².